The molecule has 114 valence electrons. The molecule has 0 saturated carbocycles. The lowest BCUT2D eigenvalue weighted by Gasteiger charge is -2.26. The molecule has 0 aliphatic heterocycles. The Hall–Kier alpha value is -1.23. The van der Waals surface area contributed by atoms with E-state index in [4.69, 9.17) is 5.73 Å². The third kappa shape index (κ3) is 4.13. The van der Waals surface area contributed by atoms with Crippen LogP contribution in [0.2, 0.25) is 0 Å². The molecule has 0 aliphatic carbocycles. The largest absolute Gasteiger partial charge is 0.329 e. The third-order valence-corrected chi connectivity index (χ3v) is 5.22. The van der Waals surface area contributed by atoms with Crippen LogP contribution in [0, 0.1) is 0 Å². The summed E-state index contributed by atoms with van der Waals surface area (Å²) in [6.45, 7) is 8.23. The Balaban J connectivity index is 2.13. The van der Waals surface area contributed by atoms with Gasteiger partial charge in [-0.25, -0.2) is 0 Å². The molecule has 0 spiro atoms. The average Bonchev–Trinajstić information content (AvgIpc) is 2.90. The van der Waals surface area contributed by atoms with E-state index >= 15 is 0 Å². The van der Waals surface area contributed by atoms with Crippen LogP contribution in [0.25, 0.3) is 0 Å². The van der Waals surface area contributed by atoms with Crippen molar-refractivity contribution < 1.29 is 0 Å². The number of nitrogens with zero attached hydrogens (tertiary/aromatic N) is 2. The SMILES string of the molecule is CN(Cc1cccnc1)C(CN)c1ccc(C(C)(C)C)s1. The highest BCUT2D eigenvalue weighted by atomic mass is 32.1. The molecule has 2 aromatic rings. The van der Waals surface area contributed by atoms with Gasteiger partial charge in [-0.2, -0.15) is 0 Å². The molecule has 2 rings (SSSR count). The maximum Gasteiger partial charge on any atom is 0.0564 e. The predicted molar refractivity (Wildman–Crippen MR) is 90.5 cm³/mol. The number of hydrogen-bond donors (Lipinski definition) is 1. The summed E-state index contributed by atoms with van der Waals surface area (Å²) in [6, 6.07) is 8.80. The van der Waals surface area contributed by atoms with Crippen LogP contribution in [0.15, 0.2) is 36.7 Å². The topological polar surface area (TPSA) is 42.2 Å². The van der Waals surface area contributed by atoms with Crippen LogP contribution in [-0.2, 0) is 12.0 Å². The number of hydrogen-bond acceptors (Lipinski definition) is 4. The van der Waals surface area contributed by atoms with Crippen molar-refractivity contribution in [2.45, 2.75) is 38.8 Å². The standard InChI is InChI=1S/C17H25N3S/c1-17(2,3)16-8-7-15(21-16)14(10-18)20(4)12-13-6-5-9-19-11-13/h5-9,11,14H,10,12,18H2,1-4H3. The van der Waals surface area contributed by atoms with E-state index in [1.165, 1.54) is 15.3 Å². The Morgan fingerprint density at radius 1 is 1.29 bits per heavy atom. The Labute approximate surface area is 131 Å². The van der Waals surface area contributed by atoms with Crippen LogP contribution in [0.3, 0.4) is 0 Å². The lowest BCUT2D eigenvalue weighted by molar-refractivity contribution is 0.245. The molecule has 21 heavy (non-hydrogen) atoms. The van der Waals surface area contributed by atoms with Crippen molar-refractivity contribution in [1.82, 2.24) is 9.88 Å². The minimum atomic E-state index is 0.198. The van der Waals surface area contributed by atoms with E-state index in [0.29, 0.717) is 6.54 Å². The number of rotatable bonds is 5. The van der Waals surface area contributed by atoms with E-state index in [-0.39, 0.29) is 11.5 Å². The zero-order valence-corrected chi connectivity index (χ0v) is 14.2. The Morgan fingerprint density at radius 3 is 2.57 bits per heavy atom. The maximum atomic E-state index is 6.03. The Bertz CT molecular complexity index is 557. The molecule has 1 unspecified atom stereocenters. The molecule has 0 amide bonds. The van der Waals surface area contributed by atoms with Gasteiger partial charge in [-0.3, -0.25) is 9.88 Å². The minimum Gasteiger partial charge on any atom is -0.329 e. The fourth-order valence-corrected chi connectivity index (χ4v) is 3.58. The molecule has 0 aromatic carbocycles. The first-order valence-corrected chi connectivity index (χ1v) is 8.13. The van der Waals surface area contributed by atoms with Crippen molar-refractivity contribution >= 4 is 11.3 Å². The molecular weight excluding hydrogens is 278 g/mol. The van der Waals surface area contributed by atoms with E-state index in [0.717, 1.165) is 6.54 Å². The molecule has 2 aromatic heterocycles. The number of nitrogens with two attached hydrogens (primary N) is 1. The molecule has 0 fully saturated rings. The minimum absolute atomic E-state index is 0.198. The highest BCUT2D eigenvalue weighted by molar-refractivity contribution is 7.12. The summed E-state index contributed by atoms with van der Waals surface area (Å²) in [5.74, 6) is 0. The van der Waals surface area contributed by atoms with Gasteiger partial charge < -0.3 is 5.73 Å². The van der Waals surface area contributed by atoms with Crippen molar-refractivity contribution in [3.05, 3.63) is 52.0 Å². The van der Waals surface area contributed by atoms with E-state index in [1.807, 2.05) is 23.6 Å². The zero-order valence-electron chi connectivity index (χ0n) is 13.3. The van der Waals surface area contributed by atoms with Gasteiger partial charge in [0.05, 0.1) is 6.04 Å². The van der Waals surface area contributed by atoms with Crippen molar-refractivity contribution in [2.24, 2.45) is 5.73 Å². The first-order valence-electron chi connectivity index (χ1n) is 7.31. The summed E-state index contributed by atoms with van der Waals surface area (Å²) in [4.78, 5) is 9.23. The summed E-state index contributed by atoms with van der Waals surface area (Å²) in [5, 5.41) is 0. The van der Waals surface area contributed by atoms with Crippen molar-refractivity contribution in [2.75, 3.05) is 13.6 Å². The van der Waals surface area contributed by atoms with Crippen LogP contribution < -0.4 is 5.73 Å². The lowest BCUT2D eigenvalue weighted by atomic mass is 9.95. The van der Waals surface area contributed by atoms with Gasteiger partial charge in [0.25, 0.3) is 0 Å². The zero-order chi connectivity index (χ0) is 15.5. The van der Waals surface area contributed by atoms with E-state index in [2.05, 4.69) is 55.9 Å². The van der Waals surface area contributed by atoms with E-state index < -0.39 is 0 Å². The van der Waals surface area contributed by atoms with Crippen LogP contribution in [0.5, 0.6) is 0 Å². The Kier molecular flexibility index (Phi) is 5.14. The molecule has 0 aliphatic rings. The maximum absolute atomic E-state index is 6.03. The van der Waals surface area contributed by atoms with Gasteiger partial charge >= 0.3 is 0 Å². The van der Waals surface area contributed by atoms with Crippen molar-refractivity contribution in [3.8, 4) is 0 Å². The molecule has 2 heterocycles. The van der Waals surface area contributed by atoms with Gasteiger partial charge in [0.2, 0.25) is 0 Å². The fourth-order valence-electron chi connectivity index (χ4n) is 2.34. The quantitative estimate of drug-likeness (QED) is 0.918. The molecular formula is C17H25N3S. The van der Waals surface area contributed by atoms with Crippen LogP contribution in [0.4, 0.5) is 0 Å². The van der Waals surface area contributed by atoms with Crippen LogP contribution >= 0.6 is 11.3 Å². The second-order valence-electron chi connectivity index (χ2n) is 6.48. The summed E-state index contributed by atoms with van der Waals surface area (Å²) in [7, 11) is 2.13. The van der Waals surface area contributed by atoms with Gasteiger partial charge in [-0.1, -0.05) is 26.8 Å². The number of aromatic nitrogens is 1. The van der Waals surface area contributed by atoms with Crippen molar-refractivity contribution in [3.63, 3.8) is 0 Å². The van der Waals surface area contributed by atoms with E-state index in [9.17, 15) is 0 Å². The monoisotopic (exact) mass is 303 g/mol. The molecule has 0 bridgehead atoms. The second kappa shape index (κ2) is 6.69. The van der Waals surface area contributed by atoms with Gasteiger partial charge in [-0.15, -0.1) is 11.3 Å². The van der Waals surface area contributed by atoms with Crippen LogP contribution in [0.1, 0.15) is 42.1 Å². The van der Waals surface area contributed by atoms with Crippen LogP contribution in [-0.4, -0.2) is 23.5 Å². The molecule has 2 N–H and O–H groups in total. The molecule has 1 atom stereocenters. The average molecular weight is 303 g/mol. The molecule has 4 heteroatoms. The normalized spacial score (nSPS) is 13.6. The summed E-state index contributed by atoms with van der Waals surface area (Å²) < 4.78 is 0. The third-order valence-electron chi connectivity index (χ3n) is 3.60. The molecule has 0 saturated heterocycles. The molecule has 3 nitrogen and oxygen atoms in total. The van der Waals surface area contributed by atoms with Gasteiger partial charge in [0.15, 0.2) is 0 Å². The summed E-state index contributed by atoms with van der Waals surface area (Å²) >= 11 is 1.87. The van der Waals surface area contributed by atoms with Crippen molar-refractivity contribution in [1.29, 1.82) is 0 Å². The number of pyridine rings is 1. The predicted octanol–water partition coefficient (Wildman–Crippen LogP) is 3.57. The van der Waals surface area contributed by atoms with Gasteiger partial charge in [-0.05, 0) is 36.2 Å². The number of thiophene rings is 1. The number of likely N-dealkylation sites (N-methyl/N-ethyl adjacent to an activating group) is 1. The second-order valence-corrected chi connectivity index (χ2v) is 7.60. The first kappa shape index (κ1) is 16.1. The summed E-state index contributed by atoms with van der Waals surface area (Å²) in [6.07, 6.45) is 3.72. The highest BCUT2D eigenvalue weighted by Crippen LogP contribution is 2.34. The summed E-state index contributed by atoms with van der Waals surface area (Å²) in [5.41, 5.74) is 7.44. The molecule has 0 radical (unpaired) electrons. The van der Waals surface area contributed by atoms with Gasteiger partial charge in [0, 0.05) is 35.2 Å². The van der Waals surface area contributed by atoms with Gasteiger partial charge in [0.1, 0.15) is 0 Å². The smallest absolute Gasteiger partial charge is 0.0564 e. The first-order chi connectivity index (χ1) is 9.91. The fraction of sp³-hybridized carbons (Fsp3) is 0.471. The highest BCUT2D eigenvalue weighted by Gasteiger charge is 2.21. The Morgan fingerprint density at radius 2 is 2.05 bits per heavy atom. The lowest BCUT2D eigenvalue weighted by Crippen LogP contribution is -2.29. The van der Waals surface area contributed by atoms with E-state index in [1.54, 1.807) is 6.20 Å².